The summed E-state index contributed by atoms with van der Waals surface area (Å²) in [7, 11) is -1.12. The summed E-state index contributed by atoms with van der Waals surface area (Å²) in [6.07, 6.45) is -7.61. The van der Waals surface area contributed by atoms with Crippen LogP contribution in [-0.4, -0.2) is 45.3 Å². The zero-order valence-corrected chi connectivity index (χ0v) is 13.7. The lowest BCUT2D eigenvalue weighted by molar-refractivity contribution is -0.397. The number of ether oxygens (including phenoxy) is 1. The molecule has 1 fully saturated rings. The first-order valence-electron chi connectivity index (χ1n) is 7.06. The fourth-order valence-corrected chi connectivity index (χ4v) is 3.99. The zero-order valence-electron chi connectivity index (χ0n) is 12.3. The molecular formula is C12H17F9OSi. The van der Waals surface area contributed by atoms with Crippen molar-refractivity contribution in [2.45, 2.75) is 67.8 Å². The molecule has 0 bridgehead atoms. The highest BCUT2D eigenvalue weighted by atomic mass is 28.2. The number of hydrogen-bond donors (Lipinski definition) is 0. The van der Waals surface area contributed by atoms with Crippen molar-refractivity contribution in [3.05, 3.63) is 0 Å². The number of rotatable bonds is 6. The number of halogens is 9. The van der Waals surface area contributed by atoms with Gasteiger partial charge in [0.1, 0.15) is 0 Å². The van der Waals surface area contributed by atoms with Crippen LogP contribution < -0.4 is 0 Å². The van der Waals surface area contributed by atoms with Gasteiger partial charge >= 0.3 is 23.9 Å². The van der Waals surface area contributed by atoms with Gasteiger partial charge in [-0.3, -0.25) is 0 Å². The molecule has 138 valence electrons. The first kappa shape index (κ1) is 20.6. The predicted octanol–water partition coefficient (Wildman–Crippen LogP) is 4.35. The Hall–Kier alpha value is -0.453. The molecule has 0 aromatic heterocycles. The average molecular weight is 376 g/mol. The van der Waals surface area contributed by atoms with Gasteiger partial charge in [0.2, 0.25) is 0 Å². The van der Waals surface area contributed by atoms with E-state index in [0.717, 1.165) is 0 Å². The molecule has 1 unspecified atom stereocenters. The quantitative estimate of drug-likeness (QED) is 0.495. The van der Waals surface area contributed by atoms with Gasteiger partial charge in [0, 0.05) is 13.0 Å². The Labute approximate surface area is 129 Å². The molecule has 1 rings (SSSR count). The lowest BCUT2D eigenvalue weighted by atomic mass is 9.95. The van der Waals surface area contributed by atoms with Crippen LogP contribution in [0.4, 0.5) is 39.5 Å². The zero-order chi connectivity index (χ0) is 18.2. The normalized spacial score (nSPS) is 25.3. The fourth-order valence-electron chi connectivity index (χ4n) is 2.51. The summed E-state index contributed by atoms with van der Waals surface area (Å²) >= 11 is 0. The van der Waals surface area contributed by atoms with Gasteiger partial charge in [-0.05, 0) is 25.7 Å². The third kappa shape index (κ3) is 3.80. The van der Waals surface area contributed by atoms with Crippen molar-refractivity contribution in [3.63, 3.8) is 0 Å². The Bertz CT molecular complexity index is 402. The molecule has 1 aliphatic heterocycles. The summed E-state index contributed by atoms with van der Waals surface area (Å²) in [5, 5.41) is -1.05. The van der Waals surface area contributed by atoms with Crippen molar-refractivity contribution < 1.29 is 44.3 Å². The van der Waals surface area contributed by atoms with Crippen LogP contribution >= 0.6 is 0 Å². The molecule has 0 aliphatic carbocycles. The van der Waals surface area contributed by atoms with Gasteiger partial charge in [-0.1, -0.05) is 6.55 Å². The van der Waals surface area contributed by atoms with E-state index in [2.05, 4.69) is 0 Å². The van der Waals surface area contributed by atoms with E-state index in [1.54, 1.807) is 6.55 Å². The SMILES string of the molecule is C[SiH2]C1(CCC(F)(F)C(F)(F)C(F)(F)C(F)(F)F)CCCCO1. The van der Waals surface area contributed by atoms with E-state index < -0.39 is 51.5 Å². The molecule has 0 amide bonds. The molecule has 0 saturated carbocycles. The molecule has 0 aromatic carbocycles. The van der Waals surface area contributed by atoms with E-state index >= 15 is 0 Å². The van der Waals surface area contributed by atoms with Crippen molar-refractivity contribution in [2.75, 3.05) is 6.61 Å². The molecule has 0 spiro atoms. The standard InChI is InChI=1S/C12H17F9OSi/c1-23-8(4-2-3-7-22-8)5-6-9(13,14)10(15,16)11(17,18)12(19,20)21/h2-7,23H2,1H3. The van der Waals surface area contributed by atoms with Crippen molar-refractivity contribution in [1.29, 1.82) is 0 Å². The van der Waals surface area contributed by atoms with Gasteiger partial charge in [-0.15, -0.1) is 0 Å². The molecule has 23 heavy (non-hydrogen) atoms. The molecule has 1 aliphatic rings. The Morgan fingerprint density at radius 1 is 0.913 bits per heavy atom. The van der Waals surface area contributed by atoms with Gasteiger partial charge in [0.25, 0.3) is 0 Å². The Morgan fingerprint density at radius 2 is 1.48 bits per heavy atom. The maximum absolute atomic E-state index is 13.5. The molecule has 1 nitrogen and oxygen atoms in total. The minimum Gasteiger partial charge on any atom is -0.379 e. The van der Waals surface area contributed by atoms with E-state index in [1.165, 1.54) is 0 Å². The Kier molecular flexibility index (Phi) is 5.78. The van der Waals surface area contributed by atoms with Crippen molar-refractivity contribution in [1.82, 2.24) is 0 Å². The molecule has 1 saturated heterocycles. The van der Waals surface area contributed by atoms with Crippen molar-refractivity contribution in [3.8, 4) is 0 Å². The van der Waals surface area contributed by atoms with E-state index in [9.17, 15) is 39.5 Å². The van der Waals surface area contributed by atoms with Crippen LogP contribution in [0.3, 0.4) is 0 Å². The predicted molar refractivity (Wildman–Crippen MR) is 67.1 cm³/mol. The molecule has 11 heteroatoms. The molecular weight excluding hydrogens is 359 g/mol. The summed E-state index contributed by atoms with van der Waals surface area (Å²) in [5.74, 6) is -18.8. The third-order valence-electron chi connectivity index (χ3n) is 4.18. The van der Waals surface area contributed by atoms with Crippen LogP contribution in [0.5, 0.6) is 0 Å². The van der Waals surface area contributed by atoms with Gasteiger partial charge in [-0.2, -0.15) is 39.5 Å². The van der Waals surface area contributed by atoms with Crippen LogP contribution in [0, 0.1) is 0 Å². The molecule has 0 aromatic rings. The Balaban J connectivity index is 2.92. The second-order valence-electron chi connectivity index (χ2n) is 5.69. The maximum Gasteiger partial charge on any atom is 0.460 e. The summed E-state index contributed by atoms with van der Waals surface area (Å²) in [4.78, 5) is 0. The number of alkyl halides is 9. The highest BCUT2D eigenvalue weighted by Crippen LogP contribution is 2.54. The molecule has 0 N–H and O–H groups in total. The second kappa shape index (κ2) is 6.45. The number of hydrogen-bond acceptors (Lipinski definition) is 1. The molecule has 1 atom stereocenters. The van der Waals surface area contributed by atoms with Gasteiger partial charge in [-0.25, -0.2) is 0 Å². The highest BCUT2D eigenvalue weighted by Gasteiger charge is 2.81. The van der Waals surface area contributed by atoms with E-state index in [4.69, 9.17) is 4.74 Å². The van der Waals surface area contributed by atoms with E-state index in [1.807, 2.05) is 0 Å². The molecule has 0 radical (unpaired) electrons. The van der Waals surface area contributed by atoms with E-state index in [0.29, 0.717) is 19.3 Å². The fraction of sp³-hybridized carbons (Fsp3) is 1.00. The largest absolute Gasteiger partial charge is 0.460 e. The first-order valence-corrected chi connectivity index (χ1v) is 9.19. The second-order valence-corrected chi connectivity index (χ2v) is 7.69. The van der Waals surface area contributed by atoms with Crippen LogP contribution in [0.2, 0.25) is 6.55 Å². The van der Waals surface area contributed by atoms with Crippen molar-refractivity contribution in [2.24, 2.45) is 0 Å². The lowest BCUT2D eigenvalue weighted by Crippen LogP contribution is -2.61. The smallest absolute Gasteiger partial charge is 0.379 e. The van der Waals surface area contributed by atoms with Crippen molar-refractivity contribution >= 4 is 9.52 Å². The van der Waals surface area contributed by atoms with Gasteiger partial charge < -0.3 is 4.74 Å². The van der Waals surface area contributed by atoms with Crippen LogP contribution in [0.15, 0.2) is 0 Å². The van der Waals surface area contributed by atoms with Gasteiger partial charge in [0.05, 0.1) is 14.7 Å². The average Bonchev–Trinajstić information content (AvgIpc) is 2.44. The maximum atomic E-state index is 13.5. The highest BCUT2D eigenvalue weighted by molar-refractivity contribution is 6.37. The topological polar surface area (TPSA) is 9.23 Å². The lowest BCUT2D eigenvalue weighted by Gasteiger charge is -2.39. The van der Waals surface area contributed by atoms with Crippen LogP contribution in [0.1, 0.15) is 32.1 Å². The monoisotopic (exact) mass is 376 g/mol. The summed E-state index contributed by atoms with van der Waals surface area (Å²) in [5.41, 5.74) is 0. The van der Waals surface area contributed by atoms with E-state index in [-0.39, 0.29) is 6.61 Å². The Morgan fingerprint density at radius 3 is 1.87 bits per heavy atom. The summed E-state index contributed by atoms with van der Waals surface area (Å²) < 4.78 is 120. The minimum atomic E-state index is -6.81. The summed E-state index contributed by atoms with van der Waals surface area (Å²) in [6.45, 7) is 1.92. The van der Waals surface area contributed by atoms with Crippen LogP contribution in [-0.2, 0) is 4.74 Å². The summed E-state index contributed by atoms with van der Waals surface area (Å²) in [6, 6.07) is 0. The first-order chi connectivity index (χ1) is 10.2. The molecule has 1 heterocycles. The van der Waals surface area contributed by atoms with Gasteiger partial charge in [0.15, 0.2) is 0 Å². The minimum absolute atomic E-state index is 0.238. The third-order valence-corrected chi connectivity index (χ3v) is 6.38. The van der Waals surface area contributed by atoms with Crippen LogP contribution in [0.25, 0.3) is 0 Å².